The minimum Gasteiger partial charge on any atom is -0.294 e. The molecule has 128 valence electrons. The molecule has 0 aromatic rings. The molecular weight excluding hydrogens is 332 g/mol. The van der Waals surface area contributed by atoms with Crippen molar-refractivity contribution >= 4 is 30.9 Å². The van der Waals surface area contributed by atoms with Crippen molar-refractivity contribution in [3.05, 3.63) is 0 Å². The number of alkyl halides is 2. The van der Waals surface area contributed by atoms with Crippen LogP contribution in [0.5, 0.6) is 0 Å². The van der Waals surface area contributed by atoms with E-state index in [9.17, 15) is 4.57 Å². The van der Waals surface area contributed by atoms with Gasteiger partial charge in [-0.15, -0.1) is 23.2 Å². The van der Waals surface area contributed by atoms with Crippen LogP contribution >= 0.6 is 30.9 Å². The lowest BCUT2D eigenvalue weighted by atomic mass is 10.5. The van der Waals surface area contributed by atoms with Gasteiger partial charge in [0.25, 0.3) is 0 Å². The maximum atomic E-state index is 12.3. The molecule has 2 rings (SSSR count). The Kier molecular flexibility index (Phi) is 10.8. The van der Waals surface area contributed by atoms with Crippen LogP contribution < -0.4 is 0 Å². The van der Waals surface area contributed by atoms with Crippen LogP contribution in [0.25, 0.3) is 0 Å². The fourth-order valence-electron chi connectivity index (χ4n) is 1.41. The molecule has 2 aliphatic rings. The average Bonchev–Trinajstić information content (AvgIpc) is 3.18. The number of hydrogen-bond acceptors (Lipinski definition) is 3. The molecule has 7 heteroatoms. The summed E-state index contributed by atoms with van der Waals surface area (Å²) in [6, 6.07) is 0.318. The largest absolute Gasteiger partial charge is 0.409 e. The summed E-state index contributed by atoms with van der Waals surface area (Å²) >= 11 is 9.53. The van der Waals surface area contributed by atoms with Gasteiger partial charge in [0.1, 0.15) is 0 Å². The molecule has 0 N–H and O–H groups in total. The second-order valence-electron chi connectivity index (χ2n) is 6.03. The number of nitrogens with zero attached hydrogens (tertiary/aromatic N) is 1. The van der Waals surface area contributed by atoms with Crippen LogP contribution in [0.1, 0.15) is 54.4 Å². The molecule has 4 nitrogen and oxygen atoms in total. The van der Waals surface area contributed by atoms with Crippen LogP contribution in [0.15, 0.2) is 0 Å². The summed E-state index contributed by atoms with van der Waals surface area (Å²) in [6.45, 7) is 12.6. The van der Waals surface area contributed by atoms with Gasteiger partial charge in [-0.2, -0.15) is 0 Å². The minimum atomic E-state index is -3.02. The smallest absolute Gasteiger partial charge is 0.294 e. The second kappa shape index (κ2) is 10.5. The van der Waals surface area contributed by atoms with E-state index in [1.54, 1.807) is 4.67 Å². The first-order valence-electron chi connectivity index (χ1n) is 7.52. The highest BCUT2D eigenvalue weighted by atomic mass is 35.5. The minimum absolute atomic E-state index is 0.0765. The normalized spacial score (nSPS) is 24.1. The van der Waals surface area contributed by atoms with Gasteiger partial charge in [0, 0.05) is 12.6 Å². The lowest BCUT2D eigenvalue weighted by molar-refractivity contribution is 0.124. The molecule has 2 atom stereocenters. The molecule has 0 amide bonds. The Morgan fingerprint density at radius 3 is 1.52 bits per heavy atom. The van der Waals surface area contributed by atoms with Crippen LogP contribution in [0.3, 0.4) is 0 Å². The highest BCUT2D eigenvalue weighted by Crippen LogP contribution is 2.59. The van der Waals surface area contributed by atoms with Gasteiger partial charge < -0.3 is 0 Å². The molecule has 1 aliphatic heterocycles. The van der Waals surface area contributed by atoms with E-state index < -0.39 is 7.75 Å². The Labute approximate surface area is 140 Å². The molecule has 1 saturated heterocycles. The summed E-state index contributed by atoms with van der Waals surface area (Å²) in [5.41, 5.74) is 0. The Morgan fingerprint density at radius 1 is 1.10 bits per heavy atom. The van der Waals surface area contributed by atoms with E-state index in [2.05, 4.69) is 6.92 Å². The first-order valence-corrected chi connectivity index (χ1v) is 10.1. The predicted octanol–water partition coefficient (Wildman–Crippen LogP) is 5.49. The molecule has 1 aliphatic carbocycles. The van der Waals surface area contributed by atoms with Crippen molar-refractivity contribution < 1.29 is 13.6 Å². The van der Waals surface area contributed by atoms with E-state index in [-0.39, 0.29) is 17.5 Å². The Balaban J connectivity index is 0.000000469. The maximum absolute atomic E-state index is 12.3. The summed E-state index contributed by atoms with van der Waals surface area (Å²) < 4.78 is 24.9. The summed E-state index contributed by atoms with van der Waals surface area (Å²) in [7, 11) is -3.02. The third-order valence-electron chi connectivity index (χ3n) is 2.70. The van der Waals surface area contributed by atoms with E-state index in [0.717, 1.165) is 12.5 Å². The van der Waals surface area contributed by atoms with Crippen molar-refractivity contribution in [2.75, 3.05) is 11.9 Å². The summed E-state index contributed by atoms with van der Waals surface area (Å²) in [5.74, 6) is 1.08. The second-order valence-corrected chi connectivity index (χ2v) is 8.71. The lowest BCUT2D eigenvalue weighted by Gasteiger charge is -2.23. The molecule has 2 unspecified atom stereocenters. The van der Waals surface area contributed by atoms with Gasteiger partial charge in [-0.3, -0.25) is 9.05 Å². The molecule has 0 bridgehead atoms. The monoisotopic (exact) mass is 361 g/mol. The van der Waals surface area contributed by atoms with Gasteiger partial charge in [-0.25, -0.2) is 9.24 Å². The fraction of sp³-hybridized carbons (Fsp3) is 1.00. The number of hydrogen-bond donors (Lipinski definition) is 0. The van der Waals surface area contributed by atoms with Gasteiger partial charge in [0.05, 0.1) is 17.5 Å². The number of rotatable bonds is 5. The quantitative estimate of drug-likeness (QED) is 0.368. The first-order chi connectivity index (χ1) is 9.66. The van der Waals surface area contributed by atoms with Crippen molar-refractivity contribution in [2.24, 2.45) is 5.92 Å². The fourth-order valence-corrected chi connectivity index (χ4v) is 3.69. The van der Waals surface area contributed by atoms with Gasteiger partial charge >= 0.3 is 7.75 Å². The molecule has 0 radical (unpaired) electrons. The zero-order chi connectivity index (χ0) is 16.6. The zero-order valence-electron chi connectivity index (χ0n) is 14.0. The molecule has 1 saturated carbocycles. The third-order valence-corrected chi connectivity index (χ3v) is 5.26. The van der Waals surface area contributed by atoms with E-state index in [1.807, 2.05) is 34.6 Å². The Hall–Kier alpha value is 0.690. The van der Waals surface area contributed by atoms with Crippen LogP contribution in [0, 0.1) is 5.92 Å². The summed E-state index contributed by atoms with van der Waals surface area (Å²) in [4.78, 5) is 0. The van der Waals surface area contributed by atoms with Gasteiger partial charge in [-0.05, 0) is 40.5 Å². The molecule has 2 fully saturated rings. The van der Waals surface area contributed by atoms with Crippen molar-refractivity contribution in [2.45, 2.75) is 72.6 Å². The van der Waals surface area contributed by atoms with Crippen molar-refractivity contribution in [3.8, 4) is 0 Å². The topological polar surface area (TPSA) is 38.5 Å². The predicted molar refractivity (Wildman–Crippen MR) is 91.2 cm³/mol. The Bertz CT molecular complexity index is 311. The van der Waals surface area contributed by atoms with Crippen LogP contribution in [-0.2, 0) is 13.6 Å². The van der Waals surface area contributed by atoms with Crippen LogP contribution in [0.4, 0.5) is 0 Å². The van der Waals surface area contributed by atoms with Crippen molar-refractivity contribution in [1.29, 1.82) is 0 Å². The molecular formula is C14H30Cl2NO3P. The lowest BCUT2D eigenvalue weighted by Crippen LogP contribution is -2.13. The van der Waals surface area contributed by atoms with E-state index in [4.69, 9.17) is 32.2 Å². The zero-order valence-corrected chi connectivity index (χ0v) is 16.4. The van der Waals surface area contributed by atoms with Crippen LogP contribution in [0.2, 0.25) is 0 Å². The highest BCUT2D eigenvalue weighted by Gasteiger charge is 2.48. The van der Waals surface area contributed by atoms with E-state index in [1.165, 1.54) is 12.8 Å². The van der Waals surface area contributed by atoms with E-state index in [0.29, 0.717) is 6.04 Å². The summed E-state index contributed by atoms with van der Waals surface area (Å²) in [6.07, 6.45) is 2.82. The SMILES string of the molecule is CC(C)OP(=O)(OC(C)C)N1CC1C.CC1CC1.ClCCl. The number of halogens is 2. The van der Waals surface area contributed by atoms with Gasteiger partial charge in [-0.1, -0.05) is 19.8 Å². The van der Waals surface area contributed by atoms with Crippen LogP contribution in [-0.4, -0.2) is 34.8 Å². The molecule has 0 spiro atoms. The molecule has 21 heavy (non-hydrogen) atoms. The Morgan fingerprint density at radius 2 is 1.38 bits per heavy atom. The maximum Gasteiger partial charge on any atom is 0.409 e. The van der Waals surface area contributed by atoms with Gasteiger partial charge in [0.15, 0.2) is 0 Å². The first kappa shape index (κ1) is 21.7. The third kappa shape index (κ3) is 11.0. The van der Waals surface area contributed by atoms with E-state index >= 15 is 0 Å². The van der Waals surface area contributed by atoms with Crippen molar-refractivity contribution in [3.63, 3.8) is 0 Å². The highest BCUT2D eigenvalue weighted by molar-refractivity contribution is 7.51. The van der Waals surface area contributed by atoms with Gasteiger partial charge in [0.2, 0.25) is 0 Å². The molecule has 0 aromatic heterocycles. The average molecular weight is 362 g/mol. The summed E-state index contributed by atoms with van der Waals surface area (Å²) in [5, 5.41) is 0.194. The standard InChI is InChI=1S/C9H20NO3P.C4H8.CH2Cl2/c1-7(2)12-14(11,13-8(3)4)10-6-9(10)5;1-4-2-3-4;2-1-3/h7-9H,6H2,1-5H3;4H,2-3H2,1H3;1H2. The molecule has 1 heterocycles. The molecule has 0 aromatic carbocycles. The van der Waals surface area contributed by atoms with Crippen molar-refractivity contribution in [1.82, 2.24) is 4.67 Å².